The number of nitrogens with zero attached hydrogens (tertiary/aromatic N) is 3. The molecule has 0 spiro atoms. The van der Waals surface area contributed by atoms with Crippen LogP contribution in [0.15, 0.2) is 78.9 Å². The van der Waals surface area contributed by atoms with E-state index in [-0.39, 0.29) is 0 Å². The second kappa shape index (κ2) is 8.74. The maximum atomic E-state index is 5.28. The predicted octanol–water partition coefficient (Wildman–Crippen LogP) is 6.09. The van der Waals surface area contributed by atoms with E-state index in [0.29, 0.717) is 0 Å². The van der Waals surface area contributed by atoms with Crippen molar-refractivity contribution < 1.29 is 4.74 Å². The lowest BCUT2D eigenvalue weighted by Crippen LogP contribution is -2.03. The van der Waals surface area contributed by atoms with Gasteiger partial charge in [-0.2, -0.15) is 0 Å². The number of hydrogen-bond acceptors (Lipinski definition) is 3. The molecule has 0 atom stereocenters. The molecule has 1 aromatic heterocycles. The summed E-state index contributed by atoms with van der Waals surface area (Å²) in [6.07, 6.45) is 2.20. The maximum absolute atomic E-state index is 5.28. The largest absolute Gasteiger partial charge is 0.497 e. The van der Waals surface area contributed by atoms with Gasteiger partial charge in [0.05, 0.1) is 7.11 Å². The highest BCUT2D eigenvalue weighted by Gasteiger charge is 2.15. The maximum Gasteiger partial charge on any atom is 0.164 e. The van der Waals surface area contributed by atoms with Crippen LogP contribution >= 0.6 is 0 Å². The van der Waals surface area contributed by atoms with Crippen LogP contribution in [0, 0.1) is 0 Å². The zero-order valence-electron chi connectivity index (χ0n) is 16.9. The molecule has 0 radical (unpaired) electrons. The van der Waals surface area contributed by atoms with E-state index in [1.54, 1.807) is 7.11 Å². The highest BCUT2D eigenvalue weighted by Crippen LogP contribution is 2.28. The lowest BCUT2D eigenvalue weighted by Gasteiger charge is -2.11. The number of benzene rings is 3. The fraction of sp³-hybridized carbons (Fsp3) is 0.200. The minimum atomic E-state index is 0.838. The van der Waals surface area contributed by atoms with Gasteiger partial charge in [0.15, 0.2) is 11.6 Å². The Bertz CT molecular complexity index is 1050. The van der Waals surface area contributed by atoms with Crippen LogP contribution in [0.3, 0.4) is 0 Å². The van der Waals surface area contributed by atoms with Crippen LogP contribution in [0.25, 0.3) is 33.9 Å². The van der Waals surface area contributed by atoms with E-state index in [9.17, 15) is 0 Å². The van der Waals surface area contributed by atoms with Crippen molar-refractivity contribution >= 4 is 0 Å². The van der Waals surface area contributed by atoms with Crippen LogP contribution < -0.4 is 4.74 Å². The standard InChI is InChI=1S/C25H25N3O/c1-3-4-18-28-24(26-27-25(28)22-14-16-23(29-2)17-15-22)21-12-10-20(11-13-21)19-8-6-5-7-9-19/h5-17H,3-4,18H2,1-2H3. The van der Waals surface area contributed by atoms with Gasteiger partial charge < -0.3 is 9.30 Å². The van der Waals surface area contributed by atoms with Crippen LogP contribution in [0.4, 0.5) is 0 Å². The molecule has 4 nitrogen and oxygen atoms in total. The molecular formula is C25H25N3O. The minimum Gasteiger partial charge on any atom is -0.497 e. The molecule has 0 aliphatic carbocycles. The number of ether oxygens (including phenoxy) is 1. The van der Waals surface area contributed by atoms with Gasteiger partial charge in [0, 0.05) is 17.7 Å². The van der Waals surface area contributed by atoms with Gasteiger partial charge in [-0.3, -0.25) is 0 Å². The first-order valence-electron chi connectivity index (χ1n) is 10.0. The van der Waals surface area contributed by atoms with Crippen molar-refractivity contribution in [1.29, 1.82) is 0 Å². The summed E-state index contributed by atoms with van der Waals surface area (Å²) in [5.41, 5.74) is 4.53. The number of unbranched alkanes of at least 4 members (excludes halogenated alkanes) is 1. The number of methoxy groups -OCH3 is 1. The highest BCUT2D eigenvalue weighted by molar-refractivity contribution is 5.69. The van der Waals surface area contributed by atoms with Gasteiger partial charge >= 0.3 is 0 Å². The second-order valence-corrected chi connectivity index (χ2v) is 7.02. The lowest BCUT2D eigenvalue weighted by atomic mass is 10.0. The van der Waals surface area contributed by atoms with Gasteiger partial charge in [0.2, 0.25) is 0 Å². The Hall–Kier alpha value is -3.40. The molecule has 0 bridgehead atoms. The van der Waals surface area contributed by atoms with Crippen molar-refractivity contribution in [1.82, 2.24) is 14.8 Å². The van der Waals surface area contributed by atoms with Crippen molar-refractivity contribution in [3.05, 3.63) is 78.9 Å². The average Bonchev–Trinajstić information content (AvgIpc) is 3.22. The Morgan fingerprint density at radius 1 is 0.690 bits per heavy atom. The van der Waals surface area contributed by atoms with Crippen molar-refractivity contribution in [2.45, 2.75) is 26.3 Å². The Morgan fingerprint density at radius 2 is 1.21 bits per heavy atom. The summed E-state index contributed by atoms with van der Waals surface area (Å²) in [6, 6.07) is 27.0. The van der Waals surface area contributed by atoms with Crippen LogP contribution in [0.1, 0.15) is 19.8 Å². The summed E-state index contributed by atoms with van der Waals surface area (Å²) < 4.78 is 7.50. The number of aromatic nitrogens is 3. The smallest absolute Gasteiger partial charge is 0.164 e. The average molecular weight is 383 g/mol. The van der Waals surface area contributed by atoms with Gasteiger partial charge in [0.1, 0.15) is 5.75 Å². The van der Waals surface area contributed by atoms with E-state index in [0.717, 1.165) is 47.9 Å². The van der Waals surface area contributed by atoms with Gasteiger partial charge in [-0.05, 0) is 41.8 Å². The van der Waals surface area contributed by atoms with E-state index >= 15 is 0 Å². The molecular weight excluding hydrogens is 358 g/mol. The van der Waals surface area contributed by atoms with Gasteiger partial charge in [0.25, 0.3) is 0 Å². The van der Waals surface area contributed by atoms with E-state index in [2.05, 4.69) is 70.2 Å². The van der Waals surface area contributed by atoms with Gasteiger partial charge in [-0.1, -0.05) is 67.9 Å². The molecule has 0 aliphatic rings. The summed E-state index contributed by atoms with van der Waals surface area (Å²) in [7, 11) is 1.68. The molecule has 0 aliphatic heterocycles. The third kappa shape index (κ3) is 4.06. The Labute approximate surface area is 171 Å². The Balaban J connectivity index is 1.70. The molecule has 146 valence electrons. The first-order valence-corrected chi connectivity index (χ1v) is 10.0. The molecule has 3 aromatic carbocycles. The van der Waals surface area contributed by atoms with Gasteiger partial charge in [-0.15, -0.1) is 10.2 Å². The zero-order valence-corrected chi connectivity index (χ0v) is 16.9. The Morgan fingerprint density at radius 3 is 1.76 bits per heavy atom. The third-order valence-electron chi connectivity index (χ3n) is 5.08. The summed E-state index contributed by atoms with van der Waals surface area (Å²) in [4.78, 5) is 0. The summed E-state index contributed by atoms with van der Waals surface area (Å²) in [5.74, 6) is 2.64. The molecule has 4 heteroatoms. The van der Waals surface area contributed by atoms with Crippen LogP contribution in [-0.2, 0) is 6.54 Å². The summed E-state index contributed by atoms with van der Waals surface area (Å²) >= 11 is 0. The molecule has 4 rings (SSSR count). The van der Waals surface area contributed by atoms with Crippen LogP contribution in [0.5, 0.6) is 5.75 Å². The fourth-order valence-corrected chi connectivity index (χ4v) is 3.44. The fourth-order valence-electron chi connectivity index (χ4n) is 3.44. The zero-order chi connectivity index (χ0) is 20.1. The first-order chi connectivity index (χ1) is 14.3. The SMILES string of the molecule is CCCCn1c(-c2ccc(OC)cc2)nnc1-c1ccc(-c2ccccc2)cc1. The van der Waals surface area contributed by atoms with E-state index in [1.165, 1.54) is 11.1 Å². The monoisotopic (exact) mass is 383 g/mol. The highest BCUT2D eigenvalue weighted by atomic mass is 16.5. The van der Waals surface area contributed by atoms with E-state index in [4.69, 9.17) is 4.74 Å². The van der Waals surface area contributed by atoms with Crippen LogP contribution in [0.2, 0.25) is 0 Å². The predicted molar refractivity (Wildman–Crippen MR) is 118 cm³/mol. The molecule has 0 N–H and O–H groups in total. The quantitative estimate of drug-likeness (QED) is 0.388. The molecule has 0 amide bonds. The third-order valence-corrected chi connectivity index (χ3v) is 5.08. The Kier molecular flexibility index (Phi) is 5.71. The molecule has 4 aromatic rings. The first kappa shape index (κ1) is 18.9. The van der Waals surface area contributed by atoms with E-state index < -0.39 is 0 Å². The summed E-state index contributed by atoms with van der Waals surface area (Å²) in [5, 5.41) is 9.07. The molecule has 1 heterocycles. The lowest BCUT2D eigenvalue weighted by molar-refractivity contribution is 0.415. The molecule has 0 fully saturated rings. The molecule has 0 saturated heterocycles. The minimum absolute atomic E-state index is 0.838. The van der Waals surface area contributed by atoms with Crippen molar-refractivity contribution in [3.63, 3.8) is 0 Å². The van der Waals surface area contributed by atoms with Crippen molar-refractivity contribution in [2.24, 2.45) is 0 Å². The van der Waals surface area contributed by atoms with Crippen molar-refractivity contribution in [3.8, 4) is 39.7 Å². The second-order valence-electron chi connectivity index (χ2n) is 7.02. The molecule has 0 saturated carbocycles. The van der Waals surface area contributed by atoms with Crippen LogP contribution in [-0.4, -0.2) is 21.9 Å². The molecule has 29 heavy (non-hydrogen) atoms. The van der Waals surface area contributed by atoms with Gasteiger partial charge in [-0.25, -0.2) is 0 Å². The number of rotatable bonds is 7. The van der Waals surface area contributed by atoms with Crippen molar-refractivity contribution in [2.75, 3.05) is 7.11 Å². The van der Waals surface area contributed by atoms with E-state index in [1.807, 2.05) is 30.3 Å². The topological polar surface area (TPSA) is 39.9 Å². The number of hydrogen-bond donors (Lipinski definition) is 0. The summed E-state index contributed by atoms with van der Waals surface area (Å²) in [6.45, 7) is 3.09. The normalized spacial score (nSPS) is 10.8. The molecule has 0 unspecified atom stereocenters.